The van der Waals surface area contributed by atoms with Crippen LogP contribution >= 0.6 is 0 Å². The summed E-state index contributed by atoms with van der Waals surface area (Å²) in [4.78, 5) is 23.7. The molecule has 0 aliphatic heterocycles. The van der Waals surface area contributed by atoms with Crippen LogP contribution in [-0.4, -0.2) is 41.0 Å². The summed E-state index contributed by atoms with van der Waals surface area (Å²) in [5, 5.41) is 11.3. The molecule has 0 aromatic rings. The van der Waals surface area contributed by atoms with Crippen molar-refractivity contribution in [3.63, 3.8) is 0 Å². The van der Waals surface area contributed by atoms with Gasteiger partial charge in [0.1, 0.15) is 17.2 Å². The second kappa shape index (κ2) is 7.47. The van der Waals surface area contributed by atoms with Crippen molar-refractivity contribution in [2.75, 3.05) is 6.61 Å². The lowest BCUT2D eigenvalue weighted by Crippen LogP contribution is -2.46. The number of carbonyl (C=O) groups excluding carboxylic acids is 2. The average molecular weight is 289 g/mol. The van der Waals surface area contributed by atoms with Gasteiger partial charge >= 0.3 is 12.1 Å². The van der Waals surface area contributed by atoms with Crippen molar-refractivity contribution < 1.29 is 24.2 Å². The van der Waals surface area contributed by atoms with Crippen molar-refractivity contribution in [1.29, 1.82) is 0 Å². The molecule has 0 aliphatic carbocycles. The highest BCUT2D eigenvalue weighted by Gasteiger charge is 2.28. The molecule has 0 saturated heterocycles. The molecule has 118 valence electrons. The van der Waals surface area contributed by atoms with Gasteiger partial charge in [-0.25, -0.2) is 9.59 Å². The van der Waals surface area contributed by atoms with E-state index in [0.717, 1.165) is 0 Å². The Morgan fingerprint density at radius 1 is 1.05 bits per heavy atom. The third-order valence-electron chi connectivity index (χ3n) is 2.03. The van der Waals surface area contributed by atoms with Crippen LogP contribution in [0.2, 0.25) is 0 Å². The van der Waals surface area contributed by atoms with Crippen molar-refractivity contribution in [3.8, 4) is 0 Å². The molecule has 1 unspecified atom stereocenters. The van der Waals surface area contributed by atoms with Gasteiger partial charge in [-0.3, -0.25) is 0 Å². The van der Waals surface area contributed by atoms with Crippen LogP contribution in [0.15, 0.2) is 0 Å². The van der Waals surface area contributed by atoms with Gasteiger partial charge in [-0.15, -0.1) is 0 Å². The number of carbonyl (C=O) groups is 2. The van der Waals surface area contributed by atoms with E-state index in [1.165, 1.54) is 0 Å². The predicted molar refractivity (Wildman–Crippen MR) is 75.3 cm³/mol. The summed E-state index contributed by atoms with van der Waals surface area (Å²) in [6.07, 6.45) is 0.0102. The quantitative estimate of drug-likeness (QED) is 0.756. The maximum absolute atomic E-state index is 12.0. The summed E-state index contributed by atoms with van der Waals surface area (Å²) in [5.41, 5.74) is -1.27. The Morgan fingerprint density at radius 2 is 1.55 bits per heavy atom. The summed E-state index contributed by atoms with van der Waals surface area (Å²) < 4.78 is 10.3. The van der Waals surface area contributed by atoms with Crippen LogP contribution in [0.4, 0.5) is 4.79 Å². The molecule has 6 heteroatoms. The van der Waals surface area contributed by atoms with E-state index in [-0.39, 0.29) is 6.61 Å². The lowest BCUT2D eigenvalue weighted by Gasteiger charge is -2.26. The van der Waals surface area contributed by atoms with Crippen LogP contribution in [0, 0.1) is 0 Å². The predicted octanol–water partition coefficient (Wildman–Crippen LogP) is 1.99. The van der Waals surface area contributed by atoms with Crippen LogP contribution in [0.1, 0.15) is 54.4 Å². The molecular weight excluding hydrogens is 262 g/mol. The van der Waals surface area contributed by atoms with Gasteiger partial charge in [-0.1, -0.05) is 0 Å². The lowest BCUT2D eigenvalue weighted by molar-refractivity contribution is -0.157. The third kappa shape index (κ3) is 9.61. The molecule has 0 spiro atoms. The lowest BCUT2D eigenvalue weighted by atomic mass is 10.1. The van der Waals surface area contributed by atoms with Gasteiger partial charge in [0.25, 0.3) is 0 Å². The van der Waals surface area contributed by atoms with E-state index in [1.807, 2.05) is 0 Å². The number of rotatable bonds is 5. The minimum atomic E-state index is -0.823. The molecule has 1 atom stereocenters. The maximum atomic E-state index is 12.0. The first-order valence-electron chi connectivity index (χ1n) is 6.78. The van der Waals surface area contributed by atoms with Crippen molar-refractivity contribution >= 4 is 12.1 Å². The number of hydrogen-bond acceptors (Lipinski definition) is 5. The van der Waals surface area contributed by atoms with E-state index >= 15 is 0 Å². The second-order valence-corrected chi connectivity index (χ2v) is 6.60. The van der Waals surface area contributed by atoms with Gasteiger partial charge in [0, 0.05) is 6.61 Å². The number of nitrogens with one attached hydrogen (secondary N) is 1. The van der Waals surface area contributed by atoms with Gasteiger partial charge < -0.3 is 19.9 Å². The summed E-state index contributed by atoms with van der Waals surface area (Å²) in [6.45, 7) is 10.4. The van der Waals surface area contributed by atoms with Gasteiger partial charge in [0.05, 0.1) is 0 Å². The number of aliphatic hydroxyl groups is 1. The molecule has 0 rings (SSSR count). The van der Waals surface area contributed by atoms with Crippen molar-refractivity contribution in [2.24, 2.45) is 0 Å². The Balaban J connectivity index is 4.63. The van der Waals surface area contributed by atoms with Crippen molar-refractivity contribution in [1.82, 2.24) is 5.32 Å². The monoisotopic (exact) mass is 289 g/mol. The first kappa shape index (κ1) is 18.7. The highest BCUT2D eigenvalue weighted by atomic mass is 16.6. The van der Waals surface area contributed by atoms with Crippen molar-refractivity contribution in [2.45, 2.75) is 71.6 Å². The summed E-state index contributed by atoms with van der Waals surface area (Å²) in [6, 6.07) is -0.823. The standard InChI is InChI=1S/C14H27NO5/c1-13(2,3)19-11(17)10(8-7-9-16)15-12(18)20-14(4,5)6/h10,16H,7-9H2,1-6H3,(H,15,18). The van der Waals surface area contributed by atoms with E-state index < -0.39 is 29.3 Å². The molecular formula is C14H27NO5. The topological polar surface area (TPSA) is 84.9 Å². The first-order chi connectivity index (χ1) is 8.94. The van der Waals surface area contributed by atoms with Gasteiger partial charge in [-0.2, -0.15) is 0 Å². The molecule has 6 nitrogen and oxygen atoms in total. The molecule has 0 aromatic heterocycles. The zero-order valence-corrected chi connectivity index (χ0v) is 13.3. The number of hydrogen-bond donors (Lipinski definition) is 2. The van der Waals surface area contributed by atoms with E-state index in [1.54, 1.807) is 41.5 Å². The van der Waals surface area contributed by atoms with Gasteiger partial charge in [0.15, 0.2) is 0 Å². The molecule has 0 radical (unpaired) electrons. The molecule has 0 saturated carbocycles. The normalized spacial score (nSPS) is 13.6. The Labute approximate surface area is 120 Å². The average Bonchev–Trinajstić information content (AvgIpc) is 2.18. The molecule has 0 aliphatic rings. The fourth-order valence-corrected chi connectivity index (χ4v) is 1.37. The summed E-state index contributed by atoms with van der Waals surface area (Å²) in [7, 11) is 0. The number of alkyl carbamates (subject to hydrolysis) is 1. The zero-order valence-electron chi connectivity index (χ0n) is 13.3. The Hall–Kier alpha value is -1.30. The fraction of sp³-hybridized carbons (Fsp3) is 0.857. The number of ether oxygens (including phenoxy) is 2. The maximum Gasteiger partial charge on any atom is 0.408 e. The molecule has 2 N–H and O–H groups in total. The molecule has 0 heterocycles. The van der Waals surface area contributed by atoms with Crippen LogP contribution in [0.25, 0.3) is 0 Å². The van der Waals surface area contributed by atoms with Gasteiger partial charge in [0.2, 0.25) is 0 Å². The number of esters is 1. The van der Waals surface area contributed by atoms with E-state index in [2.05, 4.69) is 5.32 Å². The second-order valence-electron chi connectivity index (χ2n) is 6.60. The molecule has 0 aromatic carbocycles. The van der Waals surface area contributed by atoms with Crippen LogP contribution in [-0.2, 0) is 14.3 Å². The largest absolute Gasteiger partial charge is 0.458 e. The summed E-state index contributed by atoms with van der Waals surface area (Å²) >= 11 is 0. The molecule has 0 fully saturated rings. The Bertz CT molecular complexity index is 327. The number of aliphatic hydroxyl groups excluding tert-OH is 1. The van der Waals surface area contributed by atoms with Crippen molar-refractivity contribution in [3.05, 3.63) is 0 Å². The highest BCUT2D eigenvalue weighted by molar-refractivity contribution is 5.81. The Kier molecular flexibility index (Phi) is 6.99. The van der Waals surface area contributed by atoms with Crippen LogP contribution < -0.4 is 5.32 Å². The molecule has 1 amide bonds. The number of amides is 1. The van der Waals surface area contributed by atoms with E-state index in [9.17, 15) is 9.59 Å². The SMILES string of the molecule is CC(C)(C)OC(=O)NC(CCCO)C(=O)OC(C)(C)C. The third-order valence-corrected chi connectivity index (χ3v) is 2.03. The highest BCUT2D eigenvalue weighted by Crippen LogP contribution is 2.12. The van der Waals surface area contributed by atoms with Crippen LogP contribution in [0.3, 0.4) is 0 Å². The first-order valence-corrected chi connectivity index (χ1v) is 6.78. The fourth-order valence-electron chi connectivity index (χ4n) is 1.37. The smallest absolute Gasteiger partial charge is 0.408 e. The summed E-state index contributed by atoms with van der Waals surface area (Å²) in [5.74, 6) is -0.531. The Morgan fingerprint density at radius 3 is 1.95 bits per heavy atom. The van der Waals surface area contributed by atoms with Crippen LogP contribution in [0.5, 0.6) is 0 Å². The molecule has 0 bridgehead atoms. The van der Waals surface area contributed by atoms with Gasteiger partial charge in [-0.05, 0) is 54.4 Å². The van der Waals surface area contributed by atoms with E-state index in [4.69, 9.17) is 14.6 Å². The minimum Gasteiger partial charge on any atom is -0.458 e. The zero-order chi connectivity index (χ0) is 16.0. The molecule has 20 heavy (non-hydrogen) atoms. The minimum absolute atomic E-state index is 0.0602. The van der Waals surface area contributed by atoms with E-state index in [0.29, 0.717) is 12.8 Å².